The Kier molecular flexibility index (Phi) is 6.80. The molecule has 0 fully saturated rings. The summed E-state index contributed by atoms with van der Waals surface area (Å²) in [5.74, 6) is 0.359. The van der Waals surface area contributed by atoms with Crippen molar-refractivity contribution in [3.05, 3.63) is 170 Å². The lowest BCUT2D eigenvalue weighted by atomic mass is 9.79. The second-order valence-electron chi connectivity index (χ2n) is 13.8. The number of para-hydroxylation sites is 2. The number of allylic oxidation sites excluding steroid dienone is 4. The van der Waals surface area contributed by atoms with Crippen LogP contribution in [0.15, 0.2) is 139 Å². The summed E-state index contributed by atoms with van der Waals surface area (Å²) in [5, 5.41) is 12.2. The first kappa shape index (κ1) is 28.4. The number of thiophene rings is 1. The van der Waals surface area contributed by atoms with Crippen LogP contribution in [-0.2, 0) is 12.8 Å². The van der Waals surface area contributed by atoms with Gasteiger partial charge in [0.05, 0.1) is 6.04 Å². The zero-order chi connectivity index (χ0) is 31.6. The number of nitrogens with zero attached hydrogens (tertiary/aromatic N) is 2. The Balaban J connectivity index is 1.08. The summed E-state index contributed by atoms with van der Waals surface area (Å²) in [6.07, 6.45) is 15.9. The van der Waals surface area contributed by atoms with E-state index in [1.54, 1.807) is 15.3 Å². The Hall–Kier alpha value is -4.64. The Morgan fingerprint density at radius 2 is 1.54 bits per heavy atom. The molecule has 2 aromatic heterocycles. The van der Waals surface area contributed by atoms with Crippen molar-refractivity contribution in [3.63, 3.8) is 0 Å². The van der Waals surface area contributed by atoms with E-state index in [1.807, 2.05) is 0 Å². The molecule has 0 bridgehead atoms. The van der Waals surface area contributed by atoms with Gasteiger partial charge < -0.3 is 15.2 Å². The Morgan fingerprint density at radius 1 is 0.792 bits per heavy atom. The molecule has 0 spiro atoms. The Morgan fingerprint density at radius 3 is 2.33 bits per heavy atom. The highest BCUT2D eigenvalue weighted by molar-refractivity contribution is 7.12. The third-order valence-electron chi connectivity index (χ3n) is 11.1. The SMILES string of the molecule is C1=CCCC(C2=CC(c3ccccc3)[N-]C(C3CCCc4c3sc3c4-c4ccccc4C(n4c5ccccc5c5ccccc54)C3)N2)=C1. The highest BCUT2D eigenvalue weighted by Crippen LogP contribution is 2.54. The topological polar surface area (TPSA) is 31.1 Å². The standard InChI is InChI=1S/C44H38N3S/c1-3-14-28(15-4-1)36-26-37(29-16-5-2-6-17-29)46-44(45-36)35-23-13-22-34-42-33-21-8-7-20-32(33)40(27-41(42)48-43(34)35)47-38-24-11-9-18-30(38)31-19-10-12-25-39(31)47/h1-5,7-12,14-16,18-21,24-26,35-36,40,44,46H,6,13,17,22-23,27H2/q-1. The lowest BCUT2D eigenvalue weighted by Gasteiger charge is -2.49. The van der Waals surface area contributed by atoms with Crippen LogP contribution in [0.4, 0.5) is 0 Å². The maximum absolute atomic E-state index is 5.56. The summed E-state index contributed by atoms with van der Waals surface area (Å²) in [6.45, 7) is 0. The second-order valence-corrected chi connectivity index (χ2v) is 14.9. The summed E-state index contributed by atoms with van der Waals surface area (Å²) in [6, 6.07) is 38.4. The monoisotopic (exact) mass is 640 g/mol. The maximum atomic E-state index is 5.56. The predicted molar refractivity (Wildman–Crippen MR) is 201 cm³/mol. The lowest BCUT2D eigenvalue weighted by Crippen LogP contribution is -2.39. The van der Waals surface area contributed by atoms with Crippen molar-refractivity contribution < 1.29 is 0 Å². The number of hydrogen-bond donors (Lipinski definition) is 1. The van der Waals surface area contributed by atoms with Crippen molar-refractivity contribution in [2.45, 2.75) is 62.7 Å². The van der Waals surface area contributed by atoms with Crippen LogP contribution in [0.25, 0.3) is 38.2 Å². The molecule has 4 atom stereocenters. The highest BCUT2D eigenvalue weighted by Gasteiger charge is 2.36. The van der Waals surface area contributed by atoms with Crippen LogP contribution in [0, 0.1) is 0 Å². The van der Waals surface area contributed by atoms with E-state index >= 15 is 0 Å². The summed E-state index contributed by atoms with van der Waals surface area (Å²) in [5.41, 5.74) is 12.6. The third-order valence-corrected chi connectivity index (χ3v) is 12.5. The molecule has 48 heavy (non-hydrogen) atoms. The molecule has 236 valence electrons. The molecular weight excluding hydrogens is 603 g/mol. The van der Waals surface area contributed by atoms with Gasteiger partial charge in [-0.3, -0.25) is 0 Å². The van der Waals surface area contributed by atoms with E-state index in [2.05, 4.69) is 149 Å². The third kappa shape index (κ3) is 4.50. The molecule has 0 saturated carbocycles. The minimum absolute atomic E-state index is 0.0459. The number of rotatable bonds is 4. The highest BCUT2D eigenvalue weighted by atomic mass is 32.1. The van der Waals surface area contributed by atoms with Crippen LogP contribution >= 0.6 is 11.3 Å². The minimum atomic E-state index is 0.0459. The first-order valence-electron chi connectivity index (χ1n) is 17.6. The maximum Gasteiger partial charge on any atom is 0.0646 e. The largest absolute Gasteiger partial charge is 0.632 e. The van der Waals surface area contributed by atoms with E-state index in [9.17, 15) is 0 Å². The molecule has 3 heterocycles. The van der Waals surface area contributed by atoms with E-state index in [0.29, 0.717) is 5.92 Å². The van der Waals surface area contributed by atoms with Gasteiger partial charge in [-0.1, -0.05) is 133 Å². The van der Waals surface area contributed by atoms with Crippen molar-refractivity contribution in [2.75, 3.05) is 0 Å². The molecule has 10 rings (SSSR count). The van der Waals surface area contributed by atoms with Gasteiger partial charge in [0.15, 0.2) is 0 Å². The van der Waals surface area contributed by atoms with Gasteiger partial charge in [0.2, 0.25) is 0 Å². The average molecular weight is 641 g/mol. The quantitative estimate of drug-likeness (QED) is 0.204. The zero-order valence-corrected chi connectivity index (χ0v) is 27.8. The Bertz CT molecular complexity index is 2230. The van der Waals surface area contributed by atoms with E-state index in [0.717, 1.165) is 25.7 Å². The van der Waals surface area contributed by atoms with Crippen LogP contribution in [0.1, 0.15) is 70.1 Å². The van der Waals surface area contributed by atoms with E-state index < -0.39 is 0 Å². The summed E-state index contributed by atoms with van der Waals surface area (Å²) < 4.78 is 2.63. The normalized spacial score (nSPS) is 23.2. The van der Waals surface area contributed by atoms with Gasteiger partial charge in [0, 0.05) is 43.7 Å². The van der Waals surface area contributed by atoms with E-state index in [4.69, 9.17) is 5.32 Å². The molecule has 3 aliphatic carbocycles. The van der Waals surface area contributed by atoms with Crippen LogP contribution in [0.5, 0.6) is 0 Å². The number of benzene rings is 4. The molecular formula is C44H38N3S-. The van der Waals surface area contributed by atoms with Gasteiger partial charge in [-0.05, 0) is 78.0 Å². The fourth-order valence-electron chi connectivity index (χ4n) is 8.97. The van der Waals surface area contributed by atoms with Gasteiger partial charge in [0.1, 0.15) is 0 Å². The molecule has 4 aliphatic rings. The zero-order valence-electron chi connectivity index (χ0n) is 27.0. The van der Waals surface area contributed by atoms with Crippen molar-refractivity contribution in [1.29, 1.82) is 0 Å². The molecule has 6 aromatic rings. The van der Waals surface area contributed by atoms with Crippen LogP contribution < -0.4 is 5.32 Å². The van der Waals surface area contributed by atoms with Gasteiger partial charge >= 0.3 is 0 Å². The number of aromatic nitrogens is 1. The predicted octanol–water partition coefficient (Wildman–Crippen LogP) is 11.3. The molecule has 0 amide bonds. The molecule has 3 nitrogen and oxygen atoms in total. The fourth-order valence-corrected chi connectivity index (χ4v) is 10.5. The molecule has 0 saturated heterocycles. The molecule has 4 unspecified atom stereocenters. The molecule has 1 aliphatic heterocycles. The number of hydrogen-bond acceptors (Lipinski definition) is 2. The molecule has 4 heteroatoms. The summed E-state index contributed by atoms with van der Waals surface area (Å²) in [7, 11) is 0. The van der Waals surface area contributed by atoms with Crippen LogP contribution in [0.2, 0.25) is 0 Å². The minimum Gasteiger partial charge on any atom is -0.632 e. The van der Waals surface area contributed by atoms with Crippen LogP contribution in [0.3, 0.4) is 0 Å². The van der Waals surface area contributed by atoms with Gasteiger partial charge in [-0.15, -0.1) is 11.3 Å². The van der Waals surface area contributed by atoms with E-state index in [1.165, 1.54) is 68.2 Å². The average Bonchev–Trinajstić information content (AvgIpc) is 3.71. The lowest BCUT2D eigenvalue weighted by molar-refractivity contribution is 0.443. The van der Waals surface area contributed by atoms with Crippen molar-refractivity contribution in [3.8, 4) is 11.1 Å². The number of nitrogens with one attached hydrogen (secondary N) is 1. The molecule has 4 aromatic carbocycles. The van der Waals surface area contributed by atoms with Gasteiger partial charge in [-0.2, -0.15) is 0 Å². The summed E-state index contributed by atoms with van der Waals surface area (Å²) >= 11 is 2.09. The number of fused-ring (bicyclic) bond motifs is 8. The summed E-state index contributed by atoms with van der Waals surface area (Å²) in [4.78, 5) is 3.11. The van der Waals surface area contributed by atoms with Gasteiger partial charge in [-0.25, -0.2) is 0 Å². The Labute approximate surface area is 286 Å². The van der Waals surface area contributed by atoms with Crippen molar-refractivity contribution in [2.24, 2.45) is 0 Å². The van der Waals surface area contributed by atoms with Crippen molar-refractivity contribution in [1.82, 2.24) is 9.88 Å². The van der Waals surface area contributed by atoms with Crippen molar-refractivity contribution >= 4 is 33.1 Å². The van der Waals surface area contributed by atoms with Gasteiger partial charge in [0.25, 0.3) is 0 Å². The second kappa shape index (κ2) is 11.5. The van der Waals surface area contributed by atoms with Crippen LogP contribution in [-0.4, -0.2) is 10.7 Å². The fraction of sp³-hybridized carbons (Fsp3) is 0.227. The smallest absolute Gasteiger partial charge is 0.0646 e. The van der Waals surface area contributed by atoms with E-state index in [-0.39, 0.29) is 18.2 Å². The first-order chi connectivity index (χ1) is 23.8. The molecule has 1 N–H and O–H groups in total. The molecule has 0 radical (unpaired) electrons. The first-order valence-corrected chi connectivity index (χ1v) is 18.4.